The van der Waals surface area contributed by atoms with Crippen LogP contribution in [0, 0.1) is 11.8 Å². The molecule has 2 atom stereocenters. The molecule has 0 saturated heterocycles. The van der Waals surface area contributed by atoms with E-state index in [4.69, 9.17) is 0 Å². The largest absolute Gasteiger partial charge is 0.0654 e. The molecular formula is C30H62. The normalized spacial score (nSPS) is 13.6. The molecule has 0 aromatic rings. The minimum absolute atomic E-state index is 0.964. The Hall–Kier alpha value is 0. The molecule has 0 aliphatic heterocycles. The molecule has 0 amide bonds. The minimum Gasteiger partial charge on any atom is -0.0654 e. The van der Waals surface area contributed by atoms with Gasteiger partial charge in [-0.15, -0.1) is 0 Å². The zero-order chi connectivity index (χ0) is 22.1. The summed E-state index contributed by atoms with van der Waals surface area (Å²) in [7, 11) is 0. The molecule has 0 fully saturated rings. The van der Waals surface area contributed by atoms with Gasteiger partial charge in [-0.2, -0.15) is 0 Å². The summed E-state index contributed by atoms with van der Waals surface area (Å²) < 4.78 is 0. The van der Waals surface area contributed by atoms with Crippen LogP contribution in [-0.4, -0.2) is 0 Å². The lowest BCUT2D eigenvalue weighted by Gasteiger charge is -2.12. The van der Waals surface area contributed by atoms with Gasteiger partial charge in [0, 0.05) is 0 Å². The van der Waals surface area contributed by atoms with Gasteiger partial charge < -0.3 is 0 Å². The second-order valence-corrected chi connectivity index (χ2v) is 10.7. The first-order valence-corrected chi connectivity index (χ1v) is 14.7. The standard InChI is InChI=1S/C30H62/c1-5-7-9-11-13-15-17-21-25-29(3)27-23-19-20-24-28-30(4)26-22-18-16-14-12-10-8-6-2/h29-30H,5-28H2,1-4H3. The molecule has 0 aliphatic rings. The topological polar surface area (TPSA) is 0 Å². The molecule has 182 valence electrons. The summed E-state index contributed by atoms with van der Waals surface area (Å²) >= 11 is 0. The van der Waals surface area contributed by atoms with Crippen molar-refractivity contribution in [3.63, 3.8) is 0 Å². The van der Waals surface area contributed by atoms with Gasteiger partial charge in [0.05, 0.1) is 0 Å². The molecule has 0 saturated carbocycles. The molecule has 0 nitrogen and oxygen atoms in total. The highest BCUT2D eigenvalue weighted by molar-refractivity contribution is 4.58. The summed E-state index contributed by atoms with van der Waals surface area (Å²) in [6.45, 7) is 9.60. The van der Waals surface area contributed by atoms with Gasteiger partial charge in [-0.3, -0.25) is 0 Å². The summed E-state index contributed by atoms with van der Waals surface area (Å²) in [5, 5.41) is 0. The van der Waals surface area contributed by atoms with Crippen LogP contribution in [0.4, 0.5) is 0 Å². The van der Waals surface area contributed by atoms with E-state index in [1.165, 1.54) is 154 Å². The van der Waals surface area contributed by atoms with Gasteiger partial charge in [-0.25, -0.2) is 0 Å². The Balaban J connectivity index is 3.25. The predicted molar refractivity (Wildman–Crippen MR) is 140 cm³/mol. The van der Waals surface area contributed by atoms with Gasteiger partial charge in [0.15, 0.2) is 0 Å². The molecule has 0 heteroatoms. The van der Waals surface area contributed by atoms with Crippen LogP contribution in [0.5, 0.6) is 0 Å². The molecule has 0 aromatic heterocycles. The summed E-state index contributed by atoms with van der Waals surface area (Å²) in [5.41, 5.74) is 0. The van der Waals surface area contributed by atoms with Crippen LogP contribution in [0.15, 0.2) is 0 Å². The van der Waals surface area contributed by atoms with Crippen LogP contribution in [0.2, 0.25) is 0 Å². The maximum atomic E-state index is 2.49. The average Bonchev–Trinajstić information content (AvgIpc) is 2.74. The number of hydrogen-bond donors (Lipinski definition) is 0. The van der Waals surface area contributed by atoms with Crippen molar-refractivity contribution in [2.45, 2.75) is 182 Å². The van der Waals surface area contributed by atoms with E-state index in [9.17, 15) is 0 Å². The summed E-state index contributed by atoms with van der Waals surface area (Å²) in [6, 6.07) is 0. The summed E-state index contributed by atoms with van der Waals surface area (Å²) in [5.74, 6) is 1.93. The van der Waals surface area contributed by atoms with E-state index >= 15 is 0 Å². The number of hydrogen-bond acceptors (Lipinski definition) is 0. The van der Waals surface area contributed by atoms with Crippen molar-refractivity contribution >= 4 is 0 Å². The summed E-state index contributed by atoms with van der Waals surface area (Å²) in [4.78, 5) is 0. The van der Waals surface area contributed by atoms with Gasteiger partial charge in [0.2, 0.25) is 0 Å². The van der Waals surface area contributed by atoms with E-state index in [1.807, 2.05) is 0 Å². The quantitative estimate of drug-likeness (QED) is 0.128. The van der Waals surface area contributed by atoms with Crippen LogP contribution in [0.3, 0.4) is 0 Å². The SMILES string of the molecule is CCCCCCCCCCC(C)CCCCCCC(C)CCCCCCCCCC. The van der Waals surface area contributed by atoms with Crippen LogP contribution < -0.4 is 0 Å². The number of rotatable bonds is 25. The maximum absolute atomic E-state index is 2.49. The molecule has 30 heavy (non-hydrogen) atoms. The second kappa shape index (κ2) is 25.3. The molecule has 0 rings (SSSR count). The van der Waals surface area contributed by atoms with E-state index in [0.29, 0.717) is 0 Å². The Bertz CT molecular complexity index is 264. The Morgan fingerprint density at radius 3 is 0.733 bits per heavy atom. The van der Waals surface area contributed by atoms with Gasteiger partial charge >= 0.3 is 0 Å². The van der Waals surface area contributed by atoms with Crippen molar-refractivity contribution in [1.29, 1.82) is 0 Å². The average molecular weight is 423 g/mol. The predicted octanol–water partition coefficient (Wildman–Crippen LogP) is 11.7. The molecule has 0 N–H and O–H groups in total. The van der Waals surface area contributed by atoms with E-state index in [-0.39, 0.29) is 0 Å². The smallest absolute Gasteiger partial charge is 0.0443 e. The van der Waals surface area contributed by atoms with Gasteiger partial charge in [-0.1, -0.05) is 182 Å². The van der Waals surface area contributed by atoms with Crippen molar-refractivity contribution in [2.24, 2.45) is 11.8 Å². The third-order valence-corrected chi connectivity index (χ3v) is 7.24. The first-order chi connectivity index (χ1) is 14.7. The zero-order valence-electron chi connectivity index (χ0n) is 22.1. The van der Waals surface area contributed by atoms with Crippen LogP contribution in [0.25, 0.3) is 0 Å². The lowest BCUT2D eigenvalue weighted by Crippen LogP contribution is -1.97. The Kier molecular flexibility index (Phi) is 25.3. The lowest BCUT2D eigenvalue weighted by atomic mass is 9.94. The third kappa shape index (κ3) is 24.3. The fraction of sp³-hybridized carbons (Fsp3) is 1.00. The lowest BCUT2D eigenvalue weighted by molar-refractivity contribution is 0.412. The Morgan fingerprint density at radius 1 is 0.300 bits per heavy atom. The Labute approximate surface area is 193 Å². The third-order valence-electron chi connectivity index (χ3n) is 7.24. The van der Waals surface area contributed by atoms with Crippen molar-refractivity contribution in [3.05, 3.63) is 0 Å². The fourth-order valence-corrected chi connectivity index (χ4v) is 4.88. The number of unbranched alkanes of at least 4 members (excludes halogenated alkanes) is 17. The highest BCUT2D eigenvalue weighted by atomic mass is 14.1. The maximum Gasteiger partial charge on any atom is -0.0443 e. The zero-order valence-corrected chi connectivity index (χ0v) is 22.1. The van der Waals surface area contributed by atoms with Crippen LogP contribution in [-0.2, 0) is 0 Å². The first-order valence-electron chi connectivity index (χ1n) is 14.7. The van der Waals surface area contributed by atoms with Crippen molar-refractivity contribution in [3.8, 4) is 0 Å². The summed E-state index contributed by atoms with van der Waals surface area (Å²) in [6.07, 6.45) is 35.1. The molecule has 0 bridgehead atoms. The van der Waals surface area contributed by atoms with Gasteiger partial charge in [0.25, 0.3) is 0 Å². The minimum atomic E-state index is 0.964. The Morgan fingerprint density at radius 2 is 0.500 bits per heavy atom. The van der Waals surface area contributed by atoms with Crippen molar-refractivity contribution in [2.75, 3.05) is 0 Å². The van der Waals surface area contributed by atoms with E-state index in [1.54, 1.807) is 0 Å². The van der Waals surface area contributed by atoms with Crippen molar-refractivity contribution in [1.82, 2.24) is 0 Å². The van der Waals surface area contributed by atoms with Crippen LogP contribution in [0.1, 0.15) is 182 Å². The molecule has 0 radical (unpaired) electrons. The van der Waals surface area contributed by atoms with Gasteiger partial charge in [0.1, 0.15) is 0 Å². The fourth-order valence-electron chi connectivity index (χ4n) is 4.88. The molecule has 2 unspecified atom stereocenters. The van der Waals surface area contributed by atoms with E-state index in [2.05, 4.69) is 27.7 Å². The van der Waals surface area contributed by atoms with E-state index < -0.39 is 0 Å². The second-order valence-electron chi connectivity index (χ2n) is 10.7. The molecule has 0 aromatic carbocycles. The van der Waals surface area contributed by atoms with Crippen molar-refractivity contribution < 1.29 is 0 Å². The van der Waals surface area contributed by atoms with Gasteiger partial charge in [-0.05, 0) is 11.8 Å². The first kappa shape index (κ1) is 30.0. The monoisotopic (exact) mass is 422 g/mol. The van der Waals surface area contributed by atoms with E-state index in [0.717, 1.165) is 11.8 Å². The highest BCUT2D eigenvalue weighted by Gasteiger charge is 2.04. The molecular weight excluding hydrogens is 360 g/mol. The molecule has 0 heterocycles. The highest BCUT2D eigenvalue weighted by Crippen LogP contribution is 2.21. The molecule has 0 aliphatic carbocycles. The van der Waals surface area contributed by atoms with Crippen LogP contribution >= 0.6 is 0 Å². The molecule has 0 spiro atoms.